The lowest BCUT2D eigenvalue weighted by Gasteiger charge is -2.47. The molecule has 3 aromatic rings. The van der Waals surface area contributed by atoms with Crippen molar-refractivity contribution < 1.29 is 14.3 Å². The highest BCUT2D eigenvalue weighted by Gasteiger charge is 2.45. The molecular weight excluding hydrogens is 400 g/mol. The smallest absolute Gasteiger partial charge is 0.328 e. The standard InChI is InChI=1S/C27H28N2O3/c1-32-27(31)24(17-20-11-5-2-6-12-20)28-26(30)25-23(22-15-9-4-10-16-22)19-29(25)18-21-13-7-3-8-14-21/h2-16,23-25H,17-19H2,1H3,(H,28,30)/t23-,24-,25+/m0/s1. The van der Waals surface area contributed by atoms with Gasteiger partial charge in [0.15, 0.2) is 0 Å². The van der Waals surface area contributed by atoms with Gasteiger partial charge < -0.3 is 10.1 Å². The lowest BCUT2D eigenvalue weighted by Crippen LogP contribution is -2.62. The van der Waals surface area contributed by atoms with Crippen LogP contribution in [0.25, 0.3) is 0 Å². The molecule has 0 radical (unpaired) electrons. The Morgan fingerprint density at radius 2 is 1.47 bits per heavy atom. The molecule has 1 aliphatic rings. The second kappa shape index (κ2) is 10.2. The van der Waals surface area contributed by atoms with Crippen molar-refractivity contribution in [3.8, 4) is 0 Å². The van der Waals surface area contributed by atoms with E-state index in [-0.39, 0.29) is 17.9 Å². The first-order valence-corrected chi connectivity index (χ1v) is 10.9. The van der Waals surface area contributed by atoms with E-state index in [4.69, 9.17) is 4.74 Å². The van der Waals surface area contributed by atoms with E-state index in [1.165, 1.54) is 7.11 Å². The number of amides is 1. The minimum Gasteiger partial charge on any atom is -0.467 e. The molecule has 4 rings (SSSR count). The summed E-state index contributed by atoms with van der Waals surface area (Å²) < 4.78 is 4.98. The number of nitrogens with zero attached hydrogens (tertiary/aromatic N) is 1. The molecule has 0 aromatic heterocycles. The summed E-state index contributed by atoms with van der Waals surface area (Å²) >= 11 is 0. The van der Waals surface area contributed by atoms with Gasteiger partial charge in [0.1, 0.15) is 6.04 Å². The maximum atomic E-state index is 13.5. The molecule has 1 saturated heterocycles. The predicted octanol–water partition coefficient (Wildman–Crippen LogP) is 3.56. The van der Waals surface area contributed by atoms with Crippen molar-refractivity contribution in [1.82, 2.24) is 10.2 Å². The molecule has 5 nitrogen and oxygen atoms in total. The van der Waals surface area contributed by atoms with Gasteiger partial charge in [-0.05, 0) is 16.7 Å². The number of hydrogen-bond donors (Lipinski definition) is 1. The third-order valence-corrected chi connectivity index (χ3v) is 6.02. The normalized spacial score (nSPS) is 18.9. The molecule has 5 heteroatoms. The van der Waals surface area contributed by atoms with Gasteiger partial charge in [-0.1, -0.05) is 91.0 Å². The number of carbonyl (C=O) groups excluding carboxylic acids is 2. The van der Waals surface area contributed by atoms with Crippen molar-refractivity contribution in [2.45, 2.75) is 31.0 Å². The van der Waals surface area contributed by atoms with Crippen molar-refractivity contribution in [1.29, 1.82) is 0 Å². The number of carbonyl (C=O) groups is 2. The Hall–Kier alpha value is -3.44. The average molecular weight is 429 g/mol. The van der Waals surface area contributed by atoms with Crippen molar-refractivity contribution in [2.24, 2.45) is 0 Å². The van der Waals surface area contributed by atoms with Crippen LogP contribution in [0, 0.1) is 0 Å². The Kier molecular flexibility index (Phi) is 6.97. The highest BCUT2D eigenvalue weighted by atomic mass is 16.5. The van der Waals surface area contributed by atoms with Gasteiger partial charge in [-0.15, -0.1) is 0 Å². The molecule has 0 spiro atoms. The van der Waals surface area contributed by atoms with E-state index >= 15 is 0 Å². The van der Waals surface area contributed by atoms with Gasteiger partial charge in [0.2, 0.25) is 5.91 Å². The monoisotopic (exact) mass is 428 g/mol. The van der Waals surface area contributed by atoms with Crippen LogP contribution in [0.3, 0.4) is 0 Å². The summed E-state index contributed by atoms with van der Waals surface area (Å²) in [6.45, 7) is 1.47. The van der Waals surface area contributed by atoms with E-state index in [1.807, 2.05) is 66.7 Å². The van der Waals surface area contributed by atoms with Crippen LogP contribution in [-0.2, 0) is 27.3 Å². The Morgan fingerprint density at radius 3 is 2.06 bits per heavy atom. The number of ether oxygens (including phenoxy) is 1. The third kappa shape index (κ3) is 5.06. The van der Waals surface area contributed by atoms with Crippen LogP contribution in [-0.4, -0.2) is 42.5 Å². The molecule has 1 heterocycles. The molecule has 0 unspecified atom stereocenters. The highest BCUT2D eigenvalue weighted by molar-refractivity contribution is 5.89. The van der Waals surface area contributed by atoms with E-state index in [9.17, 15) is 9.59 Å². The van der Waals surface area contributed by atoms with Crippen LogP contribution in [0.1, 0.15) is 22.6 Å². The van der Waals surface area contributed by atoms with Gasteiger partial charge in [-0.25, -0.2) is 4.79 Å². The van der Waals surface area contributed by atoms with E-state index < -0.39 is 12.0 Å². The number of benzene rings is 3. The lowest BCUT2D eigenvalue weighted by molar-refractivity contribution is -0.147. The first-order valence-electron chi connectivity index (χ1n) is 10.9. The molecule has 1 N–H and O–H groups in total. The first-order chi connectivity index (χ1) is 15.7. The molecular formula is C27H28N2O3. The average Bonchev–Trinajstić information content (AvgIpc) is 2.82. The van der Waals surface area contributed by atoms with Crippen LogP contribution in [0.4, 0.5) is 0 Å². The highest BCUT2D eigenvalue weighted by Crippen LogP contribution is 2.35. The van der Waals surface area contributed by atoms with Crippen molar-refractivity contribution in [2.75, 3.05) is 13.7 Å². The second-order valence-corrected chi connectivity index (χ2v) is 8.15. The second-order valence-electron chi connectivity index (χ2n) is 8.15. The van der Waals surface area contributed by atoms with Crippen molar-refractivity contribution in [3.63, 3.8) is 0 Å². The summed E-state index contributed by atoms with van der Waals surface area (Å²) in [7, 11) is 1.35. The van der Waals surface area contributed by atoms with Crippen molar-refractivity contribution in [3.05, 3.63) is 108 Å². The van der Waals surface area contributed by atoms with Crippen molar-refractivity contribution >= 4 is 11.9 Å². The minimum absolute atomic E-state index is 0.0786. The van der Waals surface area contributed by atoms with E-state index in [1.54, 1.807) is 0 Å². The third-order valence-electron chi connectivity index (χ3n) is 6.02. The summed E-state index contributed by atoms with van der Waals surface area (Å²) in [6.07, 6.45) is 0.390. The zero-order valence-electron chi connectivity index (χ0n) is 18.2. The van der Waals surface area contributed by atoms with Crippen LogP contribution >= 0.6 is 0 Å². The van der Waals surface area contributed by atoms with Crippen LogP contribution in [0.5, 0.6) is 0 Å². The summed E-state index contributed by atoms with van der Waals surface area (Å²) in [5, 5.41) is 2.98. The van der Waals surface area contributed by atoms with Gasteiger partial charge in [-0.2, -0.15) is 0 Å². The fourth-order valence-electron chi connectivity index (χ4n) is 4.34. The zero-order chi connectivity index (χ0) is 22.3. The SMILES string of the molecule is COC(=O)[C@H](Cc1ccccc1)NC(=O)[C@H]1[C@H](c2ccccc2)CN1Cc1ccccc1. The zero-order valence-corrected chi connectivity index (χ0v) is 18.2. The molecule has 164 valence electrons. The molecule has 1 amide bonds. The fourth-order valence-corrected chi connectivity index (χ4v) is 4.34. The molecule has 32 heavy (non-hydrogen) atoms. The predicted molar refractivity (Wildman–Crippen MR) is 124 cm³/mol. The van der Waals surface area contributed by atoms with Crippen LogP contribution < -0.4 is 5.32 Å². The van der Waals surface area contributed by atoms with Crippen LogP contribution in [0.2, 0.25) is 0 Å². The van der Waals surface area contributed by atoms with Gasteiger partial charge in [-0.3, -0.25) is 9.69 Å². The molecule has 3 aromatic carbocycles. The largest absolute Gasteiger partial charge is 0.467 e. The summed E-state index contributed by atoms with van der Waals surface area (Å²) in [6, 6.07) is 28.8. The molecule has 1 fully saturated rings. The molecule has 0 bridgehead atoms. The summed E-state index contributed by atoms with van der Waals surface area (Å²) in [4.78, 5) is 28.1. The fraction of sp³-hybridized carbons (Fsp3) is 0.259. The number of hydrogen-bond acceptors (Lipinski definition) is 4. The van der Waals surface area contributed by atoms with Gasteiger partial charge in [0.25, 0.3) is 0 Å². The number of rotatable bonds is 8. The Bertz CT molecular complexity index is 1020. The van der Waals surface area contributed by atoms with E-state index in [0.29, 0.717) is 13.0 Å². The molecule has 3 atom stereocenters. The van der Waals surface area contributed by atoms with Gasteiger partial charge in [0.05, 0.1) is 13.2 Å². The van der Waals surface area contributed by atoms with Gasteiger partial charge >= 0.3 is 5.97 Å². The Labute approximate surface area is 189 Å². The van der Waals surface area contributed by atoms with E-state index in [0.717, 1.165) is 23.2 Å². The summed E-state index contributed by atoms with van der Waals surface area (Å²) in [5.41, 5.74) is 3.26. The Morgan fingerprint density at radius 1 is 0.906 bits per heavy atom. The quantitative estimate of drug-likeness (QED) is 0.558. The van der Waals surface area contributed by atoms with Gasteiger partial charge in [0, 0.05) is 25.4 Å². The number of esters is 1. The molecule has 1 aliphatic heterocycles. The number of methoxy groups -OCH3 is 1. The van der Waals surface area contributed by atoms with Crippen LogP contribution in [0.15, 0.2) is 91.0 Å². The molecule has 0 aliphatic carbocycles. The maximum Gasteiger partial charge on any atom is 0.328 e. The topological polar surface area (TPSA) is 58.6 Å². The van der Waals surface area contributed by atoms with E-state index in [2.05, 4.69) is 34.5 Å². The molecule has 0 saturated carbocycles. The number of nitrogens with one attached hydrogen (secondary N) is 1. The lowest BCUT2D eigenvalue weighted by atomic mass is 9.81. The summed E-state index contributed by atoms with van der Waals surface area (Å²) in [5.74, 6) is -0.505. The maximum absolute atomic E-state index is 13.5. The Balaban J connectivity index is 1.53. The minimum atomic E-state index is -0.731. The number of likely N-dealkylation sites (tertiary alicyclic amines) is 1. The first kappa shape index (κ1) is 21.8.